The van der Waals surface area contributed by atoms with E-state index in [0.717, 1.165) is 26.8 Å². The quantitative estimate of drug-likeness (QED) is 0.409. The van der Waals surface area contributed by atoms with Crippen LogP contribution in [0.1, 0.15) is 15.9 Å². The predicted octanol–water partition coefficient (Wildman–Crippen LogP) is 4.84. The van der Waals surface area contributed by atoms with Gasteiger partial charge >= 0.3 is 0 Å². The van der Waals surface area contributed by atoms with Gasteiger partial charge in [-0.15, -0.1) is 0 Å². The van der Waals surface area contributed by atoms with Crippen LogP contribution in [-0.4, -0.2) is 5.91 Å². The molecule has 124 valence electrons. The van der Waals surface area contributed by atoms with E-state index in [1.165, 1.54) is 17.5 Å². The molecule has 4 rings (SSSR count). The third-order valence-electron chi connectivity index (χ3n) is 3.96. The molecule has 0 saturated carbocycles. The van der Waals surface area contributed by atoms with E-state index in [1.807, 2.05) is 67.6 Å². The number of amides is 1. The first kappa shape index (κ1) is 15.7. The number of furan rings is 1. The summed E-state index contributed by atoms with van der Waals surface area (Å²) < 4.78 is 5.79. The summed E-state index contributed by atoms with van der Waals surface area (Å²) in [5.74, 6) is -0.188. The predicted molar refractivity (Wildman–Crippen MR) is 101 cm³/mol. The molecule has 2 N–H and O–H groups in total. The van der Waals surface area contributed by atoms with Gasteiger partial charge in [-0.1, -0.05) is 30.3 Å². The highest BCUT2D eigenvalue weighted by atomic mass is 32.2. The molecule has 0 fully saturated rings. The van der Waals surface area contributed by atoms with Crippen LogP contribution in [0.5, 0.6) is 0 Å². The third-order valence-corrected chi connectivity index (χ3v) is 4.66. The van der Waals surface area contributed by atoms with Gasteiger partial charge in [0.25, 0.3) is 5.91 Å². The molecule has 4 nitrogen and oxygen atoms in total. The molecular weight excluding hydrogens is 332 g/mol. The van der Waals surface area contributed by atoms with Gasteiger partial charge in [0.1, 0.15) is 11.2 Å². The fourth-order valence-electron chi connectivity index (χ4n) is 2.75. The van der Waals surface area contributed by atoms with Gasteiger partial charge in [-0.3, -0.25) is 10.2 Å². The number of carbonyl (C=O) groups excluding carboxylic acids is 1. The van der Waals surface area contributed by atoms with E-state index in [-0.39, 0.29) is 5.91 Å². The number of aryl methyl sites for hydroxylation is 1. The van der Waals surface area contributed by atoms with Crippen molar-refractivity contribution in [2.24, 2.45) is 0 Å². The van der Waals surface area contributed by atoms with E-state index in [2.05, 4.69) is 10.3 Å². The van der Waals surface area contributed by atoms with Crippen molar-refractivity contribution in [3.8, 4) is 0 Å². The van der Waals surface area contributed by atoms with Crippen molar-refractivity contribution in [1.29, 1.82) is 0 Å². The molecule has 4 aromatic rings. The number of nitrogens with one attached hydrogen (secondary N) is 2. The van der Waals surface area contributed by atoms with Crippen LogP contribution in [0.15, 0.2) is 76.0 Å². The first-order valence-corrected chi connectivity index (χ1v) is 8.72. The van der Waals surface area contributed by atoms with Crippen LogP contribution in [0.4, 0.5) is 0 Å². The highest BCUT2D eigenvalue weighted by molar-refractivity contribution is 7.97. The number of fused-ring (bicyclic) bond motifs is 3. The Labute approximate surface area is 149 Å². The number of hydrazine groups is 1. The molecular formula is C20H16N2O2S. The van der Waals surface area contributed by atoms with Crippen molar-refractivity contribution >= 4 is 39.8 Å². The SMILES string of the molecule is Cc1cccc(SNNC(=O)c2ccc3oc4ccccc4c3c2)c1. The Hall–Kier alpha value is -2.76. The lowest BCUT2D eigenvalue weighted by molar-refractivity contribution is 0.0947. The van der Waals surface area contributed by atoms with Gasteiger partial charge in [0.15, 0.2) is 0 Å². The minimum atomic E-state index is -0.188. The first-order valence-electron chi connectivity index (χ1n) is 7.91. The molecule has 1 aromatic heterocycles. The lowest BCUT2D eigenvalue weighted by atomic mass is 10.1. The van der Waals surface area contributed by atoms with Gasteiger partial charge in [-0.25, -0.2) is 0 Å². The molecule has 1 amide bonds. The Kier molecular flexibility index (Phi) is 4.17. The largest absolute Gasteiger partial charge is 0.456 e. The van der Waals surface area contributed by atoms with Gasteiger partial charge < -0.3 is 4.42 Å². The molecule has 3 aromatic carbocycles. The fourth-order valence-corrected chi connectivity index (χ4v) is 3.40. The Balaban J connectivity index is 1.50. The number of hydrogen-bond acceptors (Lipinski definition) is 4. The summed E-state index contributed by atoms with van der Waals surface area (Å²) in [6, 6.07) is 21.3. The maximum atomic E-state index is 12.4. The minimum Gasteiger partial charge on any atom is -0.456 e. The van der Waals surface area contributed by atoms with E-state index < -0.39 is 0 Å². The van der Waals surface area contributed by atoms with Crippen molar-refractivity contribution in [2.75, 3.05) is 0 Å². The second-order valence-corrected chi connectivity index (χ2v) is 6.66. The van der Waals surface area contributed by atoms with Gasteiger partial charge in [0.05, 0.1) is 0 Å². The van der Waals surface area contributed by atoms with Gasteiger partial charge in [0, 0.05) is 21.2 Å². The molecule has 0 radical (unpaired) electrons. The molecule has 0 aliphatic heterocycles. The number of benzene rings is 3. The van der Waals surface area contributed by atoms with Crippen LogP contribution in [0.3, 0.4) is 0 Å². The van der Waals surface area contributed by atoms with Crippen molar-refractivity contribution in [1.82, 2.24) is 10.3 Å². The average molecular weight is 348 g/mol. The molecule has 0 spiro atoms. The van der Waals surface area contributed by atoms with E-state index >= 15 is 0 Å². The zero-order valence-electron chi connectivity index (χ0n) is 13.6. The van der Waals surface area contributed by atoms with Gasteiger partial charge in [-0.2, -0.15) is 4.83 Å². The van der Waals surface area contributed by atoms with E-state index in [1.54, 1.807) is 6.07 Å². The topological polar surface area (TPSA) is 54.3 Å². The number of hydrogen-bond donors (Lipinski definition) is 2. The Morgan fingerprint density at radius 1 is 0.920 bits per heavy atom. The van der Waals surface area contributed by atoms with Crippen LogP contribution in [0.2, 0.25) is 0 Å². The van der Waals surface area contributed by atoms with Crippen LogP contribution >= 0.6 is 11.9 Å². The lowest BCUT2D eigenvalue weighted by Crippen LogP contribution is -2.32. The molecule has 1 heterocycles. The summed E-state index contributed by atoms with van der Waals surface area (Å²) in [7, 11) is 0. The normalized spacial score (nSPS) is 11.1. The molecule has 0 bridgehead atoms. The minimum absolute atomic E-state index is 0.188. The molecule has 5 heteroatoms. The van der Waals surface area contributed by atoms with E-state index in [4.69, 9.17) is 4.42 Å². The van der Waals surface area contributed by atoms with Crippen molar-refractivity contribution < 1.29 is 9.21 Å². The zero-order valence-corrected chi connectivity index (χ0v) is 14.4. The summed E-state index contributed by atoms with van der Waals surface area (Å²) in [4.78, 5) is 16.3. The van der Waals surface area contributed by atoms with Crippen LogP contribution in [0.25, 0.3) is 21.9 Å². The highest BCUT2D eigenvalue weighted by Gasteiger charge is 2.11. The summed E-state index contributed by atoms with van der Waals surface area (Å²) in [5, 5.41) is 1.95. The molecule has 0 aliphatic carbocycles. The second kappa shape index (κ2) is 6.63. The molecule has 0 unspecified atom stereocenters. The van der Waals surface area contributed by atoms with Crippen LogP contribution in [-0.2, 0) is 0 Å². The summed E-state index contributed by atoms with van der Waals surface area (Å²) in [6.07, 6.45) is 0. The smallest absolute Gasteiger partial charge is 0.266 e. The lowest BCUT2D eigenvalue weighted by Gasteiger charge is -2.07. The van der Waals surface area contributed by atoms with Gasteiger partial charge in [-0.05, 0) is 60.8 Å². The highest BCUT2D eigenvalue weighted by Crippen LogP contribution is 2.29. The average Bonchev–Trinajstić information content (AvgIpc) is 2.99. The van der Waals surface area contributed by atoms with Crippen LogP contribution < -0.4 is 10.3 Å². The molecule has 0 atom stereocenters. The monoisotopic (exact) mass is 348 g/mol. The van der Waals surface area contributed by atoms with E-state index in [0.29, 0.717) is 5.56 Å². The molecule has 25 heavy (non-hydrogen) atoms. The maximum Gasteiger partial charge on any atom is 0.266 e. The fraction of sp³-hybridized carbons (Fsp3) is 0.0500. The third kappa shape index (κ3) is 3.24. The number of carbonyl (C=O) groups is 1. The standard InChI is InChI=1S/C20H16N2O2S/c1-13-5-4-6-15(11-13)25-22-21-20(23)14-9-10-19-17(12-14)16-7-2-3-8-18(16)24-19/h2-12,22H,1H3,(H,21,23). The Morgan fingerprint density at radius 2 is 1.76 bits per heavy atom. The zero-order chi connectivity index (χ0) is 17.2. The molecule has 0 aliphatic rings. The Bertz CT molecular complexity index is 1070. The van der Waals surface area contributed by atoms with Gasteiger partial charge in [0.2, 0.25) is 0 Å². The summed E-state index contributed by atoms with van der Waals surface area (Å²) in [6.45, 7) is 2.03. The Morgan fingerprint density at radius 3 is 2.64 bits per heavy atom. The first-order chi connectivity index (χ1) is 12.2. The summed E-state index contributed by atoms with van der Waals surface area (Å²) >= 11 is 1.36. The van der Waals surface area contributed by atoms with Crippen molar-refractivity contribution in [3.05, 3.63) is 77.9 Å². The van der Waals surface area contributed by atoms with Crippen molar-refractivity contribution in [3.63, 3.8) is 0 Å². The van der Waals surface area contributed by atoms with Crippen LogP contribution in [0, 0.1) is 6.92 Å². The van der Waals surface area contributed by atoms with E-state index in [9.17, 15) is 4.79 Å². The molecule has 0 saturated heterocycles. The summed E-state index contributed by atoms with van der Waals surface area (Å²) in [5.41, 5.74) is 6.07. The second-order valence-electron chi connectivity index (χ2n) is 5.78. The number of rotatable bonds is 4. The number of para-hydroxylation sites is 1. The van der Waals surface area contributed by atoms with Crippen molar-refractivity contribution in [2.45, 2.75) is 11.8 Å². The maximum absolute atomic E-state index is 12.4.